The molecule has 0 aromatic rings. The quantitative estimate of drug-likeness (QED) is 0.311. The first-order chi connectivity index (χ1) is 1.41. The van der Waals surface area contributed by atoms with Gasteiger partial charge in [-0.25, -0.2) is 5.26 Å². The van der Waals surface area contributed by atoms with Crippen molar-refractivity contribution in [3.05, 3.63) is 0 Å². The molecule has 0 radical (unpaired) electrons. The molecule has 0 heterocycles. The van der Waals surface area contributed by atoms with E-state index in [0.29, 0.717) is 0 Å². The Bertz CT molecular complexity index is 27.5. The highest BCUT2D eigenvalue weighted by Crippen LogP contribution is 1.16. The number of hydrogen-bond acceptors (Lipinski definition) is 2. The molecule has 0 rings (SSSR count). The van der Waals surface area contributed by atoms with Crippen molar-refractivity contribution in [1.82, 2.24) is 0 Å². The lowest BCUT2D eigenvalue weighted by Gasteiger charge is -1.53. The molecule has 0 aliphatic carbocycles. The Labute approximate surface area is 31.7 Å². The van der Waals surface area contributed by atoms with Gasteiger partial charge in [0.25, 0.3) is 0 Å². The lowest BCUT2D eigenvalue weighted by atomic mass is 11.8. The van der Waals surface area contributed by atoms with E-state index in [1.807, 2.05) is 0 Å². The maximum absolute atomic E-state index is 7.13. The molecule has 1 nitrogen and oxygen atoms in total. The van der Waals surface area contributed by atoms with Crippen molar-refractivity contribution in [3.8, 4) is 5.40 Å². The average molecular weight is 74.1 g/mol. The summed E-state index contributed by atoms with van der Waals surface area (Å²) in [6.45, 7) is 0. The molecule has 0 unspecified atom stereocenters. The maximum Gasteiger partial charge on any atom is -0.0776 e. The van der Waals surface area contributed by atoms with E-state index in [4.69, 9.17) is 5.26 Å². The van der Waals surface area contributed by atoms with Crippen LogP contribution in [0.25, 0.3) is 0 Å². The van der Waals surface area contributed by atoms with Crippen molar-refractivity contribution in [2.24, 2.45) is 0 Å². The summed E-state index contributed by atoms with van der Waals surface area (Å²) >= 11 is 3.70. The van der Waals surface area contributed by atoms with E-state index in [-0.39, 0.29) is 7.43 Å². The van der Waals surface area contributed by atoms with Crippen LogP contribution < -0.4 is 0 Å². The molecule has 0 fully saturated rings. The zero-order valence-corrected chi connectivity index (χ0v) is 2.17. The largest absolute Gasteiger partial charge is 0.696 e. The molecule has 0 aliphatic rings. The normalized spacial score (nSPS) is 1.75. The smallest absolute Gasteiger partial charge is 0.0776 e. The second kappa shape index (κ2) is 15.7. The molecule has 0 atom stereocenters. The minimum Gasteiger partial charge on any atom is -0.696 e. The minimum atomic E-state index is 0. The first-order valence-corrected chi connectivity index (χ1v) is 0.836. The van der Waals surface area contributed by atoms with Crippen LogP contribution in [0.5, 0.6) is 0 Å². The first-order valence-electron chi connectivity index (χ1n) is 0.428. The van der Waals surface area contributed by atoms with Gasteiger partial charge in [-0.05, 0) is 0 Å². The summed E-state index contributed by atoms with van der Waals surface area (Å²) in [7, 11) is 0. The van der Waals surface area contributed by atoms with Gasteiger partial charge in [-0.15, -0.1) is 0 Å². The molecule has 2 heteroatoms. The summed E-state index contributed by atoms with van der Waals surface area (Å²) in [4.78, 5) is 0. The molecule has 0 aliphatic heterocycles. The fourth-order valence-corrected chi connectivity index (χ4v) is 0. The summed E-state index contributed by atoms with van der Waals surface area (Å²) in [5.41, 5.74) is 0. The SMILES string of the molecule is C.N#C[S-]. The van der Waals surface area contributed by atoms with Gasteiger partial charge in [0.1, 0.15) is 0 Å². The number of thiocyanates is 1. The lowest BCUT2D eigenvalue weighted by Crippen LogP contribution is -1.15. The molecule has 0 N–H and O–H groups in total. The third-order valence-corrected chi connectivity index (χ3v) is 0. The number of nitrogens with zero attached hydrogens (tertiary/aromatic N) is 1. The molecule has 24 valence electrons. The molecule has 0 aromatic heterocycles. The summed E-state index contributed by atoms with van der Waals surface area (Å²) in [5.74, 6) is 0. The van der Waals surface area contributed by atoms with Crippen LogP contribution in [0.4, 0.5) is 0 Å². The van der Waals surface area contributed by atoms with Gasteiger partial charge in [-0.1, -0.05) is 12.8 Å². The monoisotopic (exact) mass is 74.0 g/mol. The highest BCUT2D eigenvalue weighted by Gasteiger charge is 0.867. The van der Waals surface area contributed by atoms with E-state index < -0.39 is 0 Å². The van der Waals surface area contributed by atoms with Gasteiger partial charge in [0.2, 0.25) is 0 Å². The predicted molar refractivity (Wildman–Crippen MR) is 19.7 cm³/mol. The third-order valence-electron chi connectivity index (χ3n) is 0. The van der Waals surface area contributed by atoms with Crippen LogP contribution >= 0.6 is 0 Å². The van der Waals surface area contributed by atoms with Crippen LogP contribution in [0.3, 0.4) is 0 Å². The Hall–Kier alpha value is -0.290. The highest BCUT2D eigenvalue weighted by atomic mass is 32.1. The van der Waals surface area contributed by atoms with Gasteiger partial charge in [0, 0.05) is 0 Å². The Morgan fingerprint density at radius 2 is 1.75 bits per heavy atom. The second-order valence-corrected chi connectivity index (χ2v) is 0.274. The van der Waals surface area contributed by atoms with Crippen LogP contribution in [-0.2, 0) is 12.6 Å². The van der Waals surface area contributed by atoms with Crippen molar-refractivity contribution < 1.29 is 0 Å². The zero-order chi connectivity index (χ0) is 2.71. The summed E-state index contributed by atoms with van der Waals surface area (Å²) in [6.07, 6.45) is 0. The first kappa shape index (κ1) is 9.32. The molecule has 0 spiro atoms. The van der Waals surface area contributed by atoms with E-state index in [9.17, 15) is 0 Å². The van der Waals surface area contributed by atoms with Gasteiger partial charge < -0.3 is 12.6 Å². The highest BCUT2D eigenvalue weighted by molar-refractivity contribution is 7.64. The maximum atomic E-state index is 7.13. The average Bonchev–Trinajstić information content (AvgIpc) is 0.918. The van der Waals surface area contributed by atoms with E-state index in [1.54, 1.807) is 0 Å². The summed E-state index contributed by atoms with van der Waals surface area (Å²) in [5, 5.41) is 8.47. The van der Waals surface area contributed by atoms with Gasteiger partial charge in [0.05, 0.1) is 0 Å². The number of nitriles is 1. The topological polar surface area (TPSA) is 23.8 Å². The molecule has 0 saturated heterocycles. The van der Waals surface area contributed by atoms with Crippen molar-refractivity contribution in [1.29, 1.82) is 5.26 Å². The molecular formula is C2H4NS-. The van der Waals surface area contributed by atoms with Crippen molar-refractivity contribution in [3.63, 3.8) is 0 Å². The van der Waals surface area contributed by atoms with Crippen LogP contribution in [0.1, 0.15) is 7.43 Å². The third kappa shape index (κ3) is 10.2. The van der Waals surface area contributed by atoms with Crippen LogP contribution in [-0.4, -0.2) is 0 Å². The standard InChI is InChI=1S/CHNS.CH4/c2-1-3;/h3H;1H4/p-1. The fraction of sp³-hybridized carbons (Fsp3) is 0.500. The minimum absolute atomic E-state index is 0. The Balaban J connectivity index is 0. The van der Waals surface area contributed by atoms with E-state index in [0.717, 1.165) is 0 Å². The molecule has 0 bridgehead atoms. The predicted octanol–water partition coefficient (Wildman–Crippen LogP) is 0.650. The fourth-order valence-electron chi connectivity index (χ4n) is 0. The number of hydrogen-bond donors (Lipinski definition) is 0. The lowest BCUT2D eigenvalue weighted by molar-refractivity contribution is 1.57. The van der Waals surface area contributed by atoms with Crippen LogP contribution in [0.2, 0.25) is 0 Å². The zero-order valence-electron chi connectivity index (χ0n) is 1.36. The summed E-state index contributed by atoms with van der Waals surface area (Å²) in [6, 6.07) is 0. The second-order valence-electron chi connectivity index (χ2n) is 0.0913. The van der Waals surface area contributed by atoms with Gasteiger partial charge >= 0.3 is 0 Å². The molecule has 0 aromatic carbocycles. The van der Waals surface area contributed by atoms with E-state index in [2.05, 4.69) is 12.6 Å². The van der Waals surface area contributed by atoms with E-state index in [1.165, 1.54) is 5.40 Å². The van der Waals surface area contributed by atoms with Gasteiger partial charge in [-0.3, -0.25) is 0 Å². The van der Waals surface area contributed by atoms with Gasteiger partial charge in [-0.2, -0.15) is 0 Å². The van der Waals surface area contributed by atoms with E-state index >= 15 is 0 Å². The van der Waals surface area contributed by atoms with Crippen molar-refractivity contribution in [2.45, 2.75) is 7.43 Å². The molecule has 0 saturated carbocycles. The Morgan fingerprint density at radius 1 is 1.75 bits per heavy atom. The molecular weight excluding hydrogens is 70.1 g/mol. The van der Waals surface area contributed by atoms with Crippen LogP contribution in [0, 0.1) is 10.7 Å². The van der Waals surface area contributed by atoms with Crippen molar-refractivity contribution in [2.75, 3.05) is 0 Å². The molecule has 0 amide bonds. The molecule has 4 heavy (non-hydrogen) atoms. The number of rotatable bonds is 0. The van der Waals surface area contributed by atoms with Crippen LogP contribution in [0.15, 0.2) is 0 Å². The van der Waals surface area contributed by atoms with Crippen molar-refractivity contribution >= 4 is 12.6 Å². The Kier molecular flexibility index (Phi) is 36.6. The summed E-state index contributed by atoms with van der Waals surface area (Å²) < 4.78 is 0. The Morgan fingerprint density at radius 3 is 1.75 bits per heavy atom. The van der Waals surface area contributed by atoms with Gasteiger partial charge in [0.15, 0.2) is 0 Å².